The molecule has 19 heavy (non-hydrogen) atoms. The van der Waals surface area contributed by atoms with E-state index in [1.165, 1.54) is 29.3 Å². The van der Waals surface area contributed by atoms with E-state index in [0.29, 0.717) is 12.5 Å². The van der Waals surface area contributed by atoms with Crippen molar-refractivity contribution in [3.8, 4) is 0 Å². The molecule has 0 bridgehead atoms. The average Bonchev–Trinajstić information content (AvgIpc) is 2.88. The van der Waals surface area contributed by atoms with Gasteiger partial charge in [0.1, 0.15) is 0 Å². The fourth-order valence-corrected chi connectivity index (χ4v) is 2.65. The molecule has 1 unspecified atom stereocenters. The van der Waals surface area contributed by atoms with Gasteiger partial charge >= 0.3 is 0 Å². The van der Waals surface area contributed by atoms with Crippen molar-refractivity contribution in [1.82, 2.24) is 10.3 Å². The molecule has 104 valence electrons. The van der Waals surface area contributed by atoms with E-state index < -0.39 is 0 Å². The fraction of sp³-hybridized carbons (Fsp3) is 0.500. The lowest BCUT2D eigenvalue weighted by Crippen LogP contribution is -2.23. The molecule has 2 rings (SSSR count). The first kappa shape index (κ1) is 14.1. The van der Waals surface area contributed by atoms with Crippen LogP contribution in [0, 0.1) is 5.92 Å². The van der Waals surface area contributed by atoms with Gasteiger partial charge in [0.2, 0.25) is 0 Å². The number of fused-ring (bicyclic) bond motifs is 1. The van der Waals surface area contributed by atoms with Crippen LogP contribution in [0.15, 0.2) is 30.5 Å². The van der Waals surface area contributed by atoms with E-state index in [0.717, 1.165) is 19.5 Å². The number of benzene rings is 1. The SMILES string of the molecule is CCCC(CCO)CNCc1cccc2[nH]ccc12. The molecule has 3 N–H and O–H groups in total. The second kappa shape index (κ2) is 7.31. The number of hydrogen-bond acceptors (Lipinski definition) is 2. The highest BCUT2D eigenvalue weighted by molar-refractivity contribution is 5.82. The monoisotopic (exact) mass is 260 g/mol. The quantitative estimate of drug-likeness (QED) is 0.683. The van der Waals surface area contributed by atoms with Crippen molar-refractivity contribution >= 4 is 10.9 Å². The van der Waals surface area contributed by atoms with Crippen LogP contribution in [0.5, 0.6) is 0 Å². The van der Waals surface area contributed by atoms with Gasteiger partial charge in [0.05, 0.1) is 0 Å². The topological polar surface area (TPSA) is 48.0 Å². The first-order valence-electron chi connectivity index (χ1n) is 7.21. The zero-order valence-corrected chi connectivity index (χ0v) is 11.7. The van der Waals surface area contributed by atoms with Gasteiger partial charge in [0, 0.05) is 30.3 Å². The molecular weight excluding hydrogens is 236 g/mol. The Labute approximate surface area is 115 Å². The van der Waals surface area contributed by atoms with E-state index in [1.807, 2.05) is 6.20 Å². The highest BCUT2D eigenvalue weighted by atomic mass is 16.3. The van der Waals surface area contributed by atoms with Crippen LogP contribution in [0.2, 0.25) is 0 Å². The summed E-state index contributed by atoms with van der Waals surface area (Å²) < 4.78 is 0. The molecule has 0 aliphatic carbocycles. The van der Waals surface area contributed by atoms with Gasteiger partial charge in [-0.1, -0.05) is 25.5 Å². The van der Waals surface area contributed by atoms with Crippen molar-refractivity contribution in [2.75, 3.05) is 13.2 Å². The third-order valence-corrected chi connectivity index (χ3v) is 3.67. The standard InChI is InChI=1S/C16H24N2O/c1-2-4-13(8-10-19)11-17-12-14-5-3-6-16-15(14)7-9-18-16/h3,5-7,9,13,17-19H,2,4,8,10-12H2,1H3. The lowest BCUT2D eigenvalue weighted by Gasteiger charge is -2.16. The van der Waals surface area contributed by atoms with Crippen molar-refractivity contribution in [2.24, 2.45) is 5.92 Å². The van der Waals surface area contributed by atoms with Gasteiger partial charge in [-0.15, -0.1) is 0 Å². The van der Waals surface area contributed by atoms with Gasteiger partial charge in [-0.3, -0.25) is 0 Å². The van der Waals surface area contributed by atoms with Crippen molar-refractivity contribution in [1.29, 1.82) is 0 Å². The molecule has 0 fully saturated rings. The van der Waals surface area contributed by atoms with Gasteiger partial charge < -0.3 is 15.4 Å². The number of hydrogen-bond donors (Lipinski definition) is 3. The van der Waals surface area contributed by atoms with E-state index in [2.05, 4.69) is 41.5 Å². The van der Waals surface area contributed by atoms with Crippen LogP contribution in [-0.4, -0.2) is 23.2 Å². The molecule has 0 aliphatic heterocycles. The Morgan fingerprint density at radius 2 is 2.16 bits per heavy atom. The van der Waals surface area contributed by atoms with Crippen LogP contribution in [0.25, 0.3) is 10.9 Å². The van der Waals surface area contributed by atoms with Gasteiger partial charge in [0.15, 0.2) is 0 Å². The van der Waals surface area contributed by atoms with E-state index >= 15 is 0 Å². The van der Waals surface area contributed by atoms with Crippen molar-refractivity contribution in [2.45, 2.75) is 32.7 Å². The molecule has 3 heteroatoms. The van der Waals surface area contributed by atoms with Crippen LogP contribution < -0.4 is 5.32 Å². The number of aliphatic hydroxyl groups excluding tert-OH is 1. The molecule has 1 atom stereocenters. The lowest BCUT2D eigenvalue weighted by molar-refractivity contribution is 0.248. The normalized spacial score (nSPS) is 12.9. The molecule has 1 heterocycles. The number of aliphatic hydroxyl groups is 1. The number of H-pyrrole nitrogens is 1. The largest absolute Gasteiger partial charge is 0.396 e. The minimum atomic E-state index is 0.291. The first-order valence-corrected chi connectivity index (χ1v) is 7.21. The summed E-state index contributed by atoms with van der Waals surface area (Å²) in [6.45, 7) is 4.36. The molecule has 0 amide bonds. The van der Waals surface area contributed by atoms with E-state index in [4.69, 9.17) is 5.11 Å². The smallest absolute Gasteiger partial charge is 0.0457 e. The van der Waals surface area contributed by atoms with E-state index in [1.54, 1.807) is 0 Å². The summed E-state index contributed by atoms with van der Waals surface area (Å²) in [5, 5.41) is 13.9. The first-order chi connectivity index (χ1) is 9.35. The Balaban J connectivity index is 1.89. The van der Waals surface area contributed by atoms with Crippen LogP contribution >= 0.6 is 0 Å². The summed E-state index contributed by atoms with van der Waals surface area (Å²) in [5.41, 5.74) is 2.53. The molecule has 0 spiro atoms. The summed E-state index contributed by atoms with van der Waals surface area (Å²) in [4.78, 5) is 3.24. The van der Waals surface area contributed by atoms with Gasteiger partial charge in [-0.05, 0) is 43.0 Å². The third-order valence-electron chi connectivity index (χ3n) is 3.67. The van der Waals surface area contributed by atoms with Crippen molar-refractivity contribution in [3.05, 3.63) is 36.0 Å². The van der Waals surface area contributed by atoms with E-state index in [-0.39, 0.29) is 0 Å². The molecule has 0 saturated carbocycles. The van der Waals surface area contributed by atoms with Crippen molar-refractivity contribution in [3.63, 3.8) is 0 Å². The third kappa shape index (κ3) is 3.82. The van der Waals surface area contributed by atoms with Crippen LogP contribution in [0.1, 0.15) is 31.7 Å². The molecule has 0 radical (unpaired) electrons. The molecule has 3 nitrogen and oxygen atoms in total. The Morgan fingerprint density at radius 3 is 2.95 bits per heavy atom. The second-order valence-electron chi connectivity index (χ2n) is 5.15. The van der Waals surface area contributed by atoms with Crippen LogP contribution in [0.3, 0.4) is 0 Å². The maximum Gasteiger partial charge on any atom is 0.0457 e. The number of rotatable bonds is 8. The summed E-state index contributed by atoms with van der Waals surface area (Å²) in [6, 6.07) is 8.49. The zero-order chi connectivity index (χ0) is 13.5. The molecule has 0 saturated heterocycles. The summed E-state index contributed by atoms with van der Waals surface area (Å²) in [7, 11) is 0. The minimum absolute atomic E-state index is 0.291. The fourth-order valence-electron chi connectivity index (χ4n) is 2.65. The predicted molar refractivity (Wildman–Crippen MR) is 80.1 cm³/mol. The maximum atomic E-state index is 9.06. The van der Waals surface area contributed by atoms with Crippen LogP contribution in [-0.2, 0) is 6.54 Å². The Kier molecular flexibility index (Phi) is 5.43. The summed E-state index contributed by atoms with van der Waals surface area (Å²) in [5.74, 6) is 0.584. The molecular formula is C16H24N2O. The zero-order valence-electron chi connectivity index (χ0n) is 11.7. The number of aromatic nitrogens is 1. The average molecular weight is 260 g/mol. The Hall–Kier alpha value is -1.32. The van der Waals surface area contributed by atoms with Gasteiger partial charge in [0.25, 0.3) is 0 Å². The molecule has 1 aromatic heterocycles. The molecule has 0 aliphatic rings. The number of aromatic amines is 1. The molecule has 2 aromatic rings. The highest BCUT2D eigenvalue weighted by Crippen LogP contribution is 2.17. The summed E-state index contributed by atoms with van der Waals surface area (Å²) >= 11 is 0. The van der Waals surface area contributed by atoms with Crippen LogP contribution in [0.4, 0.5) is 0 Å². The maximum absolute atomic E-state index is 9.06. The second-order valence-corrected chi connectivity index (χ2v) is 5.15. The molecule has 1 aromatic carbocycles. The Morgan fingerprint density at radius 1 is 1.26 bits per heavy atom. The highest BCUT2D eigenvalue weighted by Gasteiger charge is 2.07. The minimum Gasteiger partial charge on any atom is -0.396 e. The van der Waals surface area contributed by atoms with Gasteiger partial charge in [-0.2, -0.15) is 0 Å². The van der Waals surface area contributed by atoms with Gasteiger partial charge in [-0.25, -0.2) is 0 Å². The number of nitrogens with one attached hydrogen (secondary N) is 2. The van der Waals surface area contributed by atoms with E-state index in [9.17, 15) is 0 Å². The van der Waals surface area contributed by atoms with Crippen molar-refractivity contribution < 1.29 is 5.11 Å². The Bertz CT molecular complexity index is 486. The lowest BCUT2D eigenvalue weighted by atomic mass is 10.00. The predicted octanol–water partition coefficient (Wildman–Crippen LogP) is 3.06. The summed E-state index contributed by atoms with van der Waals surface area (Å²) in [6.07, 6.45) is 5.25.